The number of likely N-dealkylation sites (N-methyl/N-ethyl adjacent to an activating group) is 1. The Labute approximate surface area is 66.9 Å². The first-order chi connectivity index (χ1) is 5.31. The third-order valence-corrected chi connectivity index (χ3v) is 1.34. The molecule has 0 aliphatic carbocycles. The van der Waals surface area contributed by atoms with Gasteiger partial charge in [-0.25, -0.2) is 9.79 Å². The third kappa shape index (κ3) is 7.19. The van der Waals surface area contributed by atoms with Crippen LogP contribution in [-0.2, 0) is 9.53 Å². The quantitative estimate of drug-likeness (QED) is 0.400. The maximum Gasteiger partial charge on any atom is 0.234 e. The molecule has 4 heteroatoms. The molecule has 0 aromatic carbocycles. The molecule has 0 heterocycles. The Morgan fingerprint density at radius 1 is 1.55 bits per heavy atom. The highest BCUT2D eigenvalue weighted by molar-refractivity contribution is 5.32. The van der Waals surface area contributed by atoms with Gasteiger partial charge in [-0.3, -0.25) is 0 Å². The van der Waals surface area contributed by atoms with Crippen LogP contribution in [0.1, 0.15) is 0 Å². The zero-order valence-corrected chi connectivity index (χ0v) is 7.04. The summed E-state index contributed by atoms with van der Waals surface area (Å²) in [6, 6.07) is 0. The van der Waals surface area contributed by atoms with E-state index in [9.17, 15) is 4.79 Å². The number of aliphatic imine (C=N–C) groups is 1. The van der Waals surface area contributed by atoms with E-state index in [0.29, 0.717) is 13.2 Å². The molecule has 0 amide bonds. The molecule has 4 nitrogen and oxygen atoms in total. The number of nitrogens with zero attached hydrogens (tertiary/aromatic N) is 2. The second-order valence-electron chi connectivity index (χ2n) is 2.27. The van der Waals surface area contributed by atoms with Crippen LogP contribution in [-0.4, -0.2) is 51.4 Å². The van der Waals surface area contributed by atoms with Crippen molar-refractivity contribution in [2.75, 3.05) is 40.4 Å². The van der Waals surface area contributed by atoms with E-state index in [0.717, 1.165) is 13.1 Å². The molecule has 0 aromatic heterocycles. The number of hydrogen-bond acceptors (Lipinski definition) is 4. The highest BCUT2D eigenvalue weighted by atomic mass is 16.5. The number of ether oxygens (including phenoxy) is 1. The lowest BCUT2D eigenvalue weighted by molar-refractivity contribution is 0.163. The molecule has 0 aliphatic heterocycles. The first kappa shape index (κ1) is 10.3. The largest absolute Gasteiger partial charge is 0.383 e. The SMILES string of the molecule is COCCN(C)CCN=C=O. The van der Waals surface area contributed by atoms with Gasteiger partial charge in [-0.15, -0.1) is 0 Å². The van der Waals surface area contributed by atoms with Crippen molar-refractivity contribution in [1.82, 2.24) is 4.90 Å². The molecule has 0 N–H and O–H groups in total. The lowest BCUT2D eigenvalue weighted by Gasteiger charge is -2.13. The van der Waals surface area contributed by atoms with Crippen LogP contribution in [0.3, 0.4) is 0 Å². The summed E-state index contributed by atoms with van der Waals surface area (Å²) >= 11 is 0. The smallest absolute Gasteiger partial charge is 0.234 e. The average Bonchev–Trinajstić information content (AvgIpc) is 2.01. The van der Waals surface area contributed by atoms with Gasteiger partial charge in [-0.1, -0.05) is 0 Å². The molecule has 0 radical (unpaired) electrons. The summed E-state index contributed by atoms with van der Waals surface area (Å²) in [7, 11) is 3.62. The number of rotatable bonds is 6. The van der Waals surface area contributed by atoms with Gasteiger partial charge in [0.25, 0.3) is 0 Å². The van der Waals surface area contributed by atoms with Gasteiger partial charge in [0.1, 0.15) is 0 Å². The Kier molecular flexibility index (Phi) is 6.94. The molecule has 0 saturated heterocycles. The van der Waals surface area contributed by atoms with Crippen LogP contribution in [0.2, 0.25) is 0 Å². The van der Waals surface area contributed by atoms with Gasteiger partial charge in [-0.2, -0.15) is 0 Å². The minimum absolute atomic E-state index is 0.518. The van der Waals surface area contributed by atoms with Crippen LogP contribution in [0.15, 0.2) is 4.99 Å². The predicted molar refractivity (Wildman–Crippen MR) is 42.4 cm³/mol. The molecule has 0 unspecified atom stereocenters. The van der Waals surface area contributed by atoms with Gasteiger partial charge in [0.2, 0.25) is 6.08 Å². The zero-order valence-electron chi connectivity index (χ0n) is 7.04. The van der Waals surface area contributed by atoms with E-state index in [1.165, 1.54) is 6.08 Å². The zero-order chi connectivity index (χ0) is 8.53. The van der Waals surface area contributed by atoms with Crippen molar-refractivity contribution >= 4 is 6.08 Å². The molecular weight excluding hydrogens is 144 g/mol. The fourth-order valence-electron chi connectivity index (χ4n) is 0.625. The van der Waals surface area contributed by atoms with Crippen LogP contribution < -0.4 is 0 Å². The molecule has 64 valence electrons. The second-order valence-corrected chi connectivity index (χ2v) is 2.27. The molecule has 0 atom stereocenters. The molecule has 0 spiro atoms. The van der Waals surface area contributed by atoms with Crippen molar-refractivity contribution in [1.29, 1.82) is 0 Å². The topological polar surface area (TPSA) is 41.9 Å². The minimum atomic E-state index is 0.518. The van der Waals surface area contributed by atoms with Crippen LogP contribution >= 0.6 is 0 Å². The van der Waals surface area contributed by atoms with Gasteiger partial charge in [0, 0.05) is 20.2 Å². The van der Waals surface area contributed by atoms with E-state index in [1.807, 2.05) is 11.9 Å². The highest BCUT2D eigenvalue weighted by Gasteiger charge is 1.94. The van der Waals surface area contributed by atoms with E-state index in [1.54, 1.807) is 7.11 Å². The van der Waals surface area contributed by atoms with Crippen molar-refractivity contribution in [3.05, 3.63) is 0 Å². The monoisotopic (exact) mass is 158 g/mol. The number of methoxy groups -OCH3 is 1. The van der Waals surface area contributed by atoms with Crippen LogP contribution in [0.4, 0.5) is 0 Å². The first-order valence-corrected chi connectivity index (χ1v) is 3.52. The van der Waals surface area contributed by atoms with Gasteiger partial charge in [-0.05, 0) is 7.05 Å². The van der Waals surface area contributed by atoms with Crippen molar-refractivity contribution in [2.24, 2.45) is 4.99 Å². The minimum Gasteiger partial charge on any atom is -0.383 e. The van der Waals surface area contributed by atoms with E-state index in [2.05, 4.69) is 4.99 Å². The Morgan fingerprint density at radius 2 is 2.27 bits per heavy atom. The lowest BCUT2D eigenvalue weighted by atomic mass is 10.5. The van der Waals surface area contributed by atoms with E-state index in [-0.39, 0.29) is 0 Å². The van der Waals surface area contributed by atoms with Gasteiger partial charge < -0.3 is 9.64 Å². The fourth-order valence-corrected chi connectivity index (χ4v) is 0.625. The van der Waals surface area contributed by atoms with Gasteiger partial charge >= 0.3 is 0 Å². The van der Waals surface area contributed by atoms with Crippen molar-refractivity contribution in [2.45, 2.75) is 0 Å². The summed E-state index contributed by atoms with van der Waals surface area (Å²) in [5.41, 5.74) is 0. The van der Waals surface area contributed by atoms with Gasteiger partial charge in [0.05, 0.1) is 13.2 Å². The fraction of sp³-hybridized carbons (Fsp3) is 0.857. The summed E-state index contributed by atoms with van der Waals surface area (Å²) in [5, 5.41) is 0. The summed E-state index contributed by atoms with van der Waals surface area (Å²) < 4.78 is 4.87. The molecule has 0 aliphatic rings. The lowest BCUT2D eigenvalue weighted by Crippen LogP contribution is -2.25. The van der Waals surface area contributed by atoms with Crippen LogP contribution in [0.5, 0.6) is 0 Å². The Bertz CT molecular complexity index is 132. The molecular formula is C7H14N2O2. The summed E-state index contributed by atoms with van der Waals surface area (Å²) in [5.74, 6) is 0. The van der Waals surface area contributed by atoms with Crippen LogP contribution in [0.25, 0.3) is 0 Å². The van der Waals surface area contributed by atoms with E-state index in [4.69, 9.17) is 4.74 Å². The molecule has 0 saturated carbocycles. The molecule has 0 rings (SSSR count). The molecule has 11 heavy (non-hydrogen) atoms. The highest BCUT2D eigenvalue weighted by Crippen LogP contribution is 1.81. The van der Waals surface area contributed by atoms with Crippen LogP contribution in [0, 0.1) is 0 Å². The number of carbonyl (C=O) groups excluding carboxylic acids is 1. The van der Waals surface area contributed by atoms with E-state index >= 15 is 0 Å². The second kappa shape index (κ2) is 7.41. The summed E-state index contributed by atoms with van der Waals surface area (Å²) in [4.78, 5) is 15.1. The molecule has 0 bridgehead atoms. The first-order valence-electron chi connectivity index (χ1n) is 3.52. The van der Waals surface area contributed by atoms with E-state index < -0.39 is 0 Å². The maximum atomic E-state index is 9.67. The summed E-state index contributed by atoms with van der Waals surface area (Å²) in [6.07, 6.45) is 1.50. The van der Waals surface area contributed by atoms with Crippen molar-refractivity contribution < 1.29 is 9.53 Å². The maximum absolute atomic E-state index is 9.67. The Balaban J connectivity index is 3.21. The number of hydrogen-bond donors (Lipinski definition) is 0. The number of isocyanates is 1. The third-order valence-electron chi connectivity index (χ3n) is 1.34. The normalized spacial score (nSPS) is 9.73. The summed E-state index contributed by atoms with van der Waals surface area (Å²) in [6.45, 7) is 2.87. The predicted octanol–water partition coefficient (Wildman–Crippen LogP) is -0.0996. The molecule has 0 fully saturated rings. The van der Waals surface area contributed by atoms with Gasteiger partial charge in [0.15, 0.2) is 0 Å². The Morgan fingerprint density at radius 3 is 2.82 bits per heavy atom. The standard InChI is InChI=1S/C7H14N2O2/c1-9(5-6-11-2)4-3-8-7-10/h3-6H2,1-2H3. The van der Waals surface area contributed by atoms with Crippen molar-refractivity contribution in [3.8, 4) is 0 Å². The molecule has 0 aromatic rings. The Hall–Kier alpha value is -0.700. The average molecular weight is 158 g/mol. The van der Waals surface area contributed by atoms with Crippen molar-refractivity contribution in [3.63, 3.8) is 0 Å².